The maximum absolute atomic E-state index is 12.5. The molecule has 0 aliphatic carbocycles. The van der Waals surface area contributed by atoms with Crippen LogP contribution in [0.2, 0.25) is 10.0 Å². The molecular formula is C103H121BrCl2N17NaO19S4. The van der Waals surface area contributed by atoms with Crippen LogP contribution in [0.1, 0.15) is 38.0 Å². The molecule has 0 fully saturated rings. The maximum atomic E-state index is 12.5. The number of phenolic OH excluding ortho intramolecular Hbond substituents is 1. The number of para-hydroxylation sites is 14. The van der Waals surface area contributed by atoms with E-state index in [1.54, 1.807) is 103 Å². The largest absolute Gasteiger partial charge is 1.00 e. The first kappa shape index (κ1) is 130. The molecule has 10 aromatic carbocycles. The van der Waals surface area contributed by atoms with Crippen molar-refractivity contribution in [3.05, 3.63) is 328 Å². The van der Waals surface area contributed by atoms with E-state index in [4.69, 9.17) is 112 Å². The minimum Gasteiger partial charge on any atom is -0.857 e. The molecule has 3 aromatic heterocycles. The summed E-state index contributed by atoms with van der Waals surface area (Å²) < 4.78 is 38.5. The van der Waals surface area contributed by atoms with E-state index in [0.717, 1.165) is 86.1 Å². The average Bonchev–Trinajstić information content (AvgIpc) is 1.62. The fourth-order valence-electron chi connectivity index (χ4n) is 10.9. The first-order valence-electron chi connectivity index (χ1n) is 44.2. The third-order valence-corrected chi connectivity index (χ3v) is 20.3. The van der Waals surface area contributed by atoms with Crippen molar-refractivity contribution in [2.45, 2.75) is 6.92 Å². The van der Waals surface area contributed by atoms with Crippen molar-refractivity contribution in [1.29, 1.82) is 5.26 Å². The zero-order valence-corrected chi connectivity index (χ0v) is 92.6. The predicted molar refractivity (Wildman–Crippen MR) is 595 cm³/mol. The molecule has 147 heavy (non-hydrogen) atoms. The quantitative estimate of drug-likeness (QED) is 0.00218. The van der Waals surface area contributed by atoms with Crippen LogP contribution in [0, 0.1) is 31.6 Å². The van der Waals surface area contributed by atoms with Crippen molar-refractivity contribution in [2.24, 2.45) is 10.7 Å². The number of Topliss-reactive ketones (excluding diaryl/α,β-unsaturated/α-hetero) is 1. The van der Waals surface area contributed by atoms with Crippen LogP contribution >= 0.6 is 87.1 Å². The predicted octanol–water partition coefficient (Wildman–Crippen LogP) is 14.3. The minimum atomic E-state index is -0.662. The number of alkyl halides is 1. The molecule has 0 atom stereocenters. The van der Waals surface area contributed by atoms with Crippen LogP contribution in [-0.2, 0) is 0 Å². The molecule has 778 valence electrons. The van der Waals surface area contributed by atoms with Crippen LogP contribution in [-0.4, -0.2) is 263 Å². The van der Waals surface area contributed by atoms with Gasteiger partial charge in [0.2, 0.25) is 0 Å². The van der Waals surface area contributed by atoms with E-state index < -0.39 is 21.1 Å². The number of ketones is 1. The number of nitrogens with two attached hydrogens (primary N) is 2. The second-order valence-corrected chi connectivity index (χ2v) is 34.3. The number of aliphatic imine (C=N–C) groups is 1. The van der Waals surface area contributed by atoms with E-state index in [-0.39, 0.29) is 92.0 Å². The Kier molecular flexibility index (Phi) is 66.0. The van der Waals surface area contributed by atoms with Gasteiger partial charge in [-0.15, -0.1) is 11.3 Å². The van der Waals surface area contributed by atoms with Gasteiger partial charge in [0.25, 0.3) is 11.8 Å². The van der Waals surface area contributed by atoms with Crippen molar-refractivity contribution in [2.75, 3.05) is 198 Å². The zero-order chi connectivity index (χ0) is 108. The summed E-state index contributed by atoms with van der Waals surface area (Å²) in [6.07, 6.45) is 0. The van der Waals surface area contributed by atoms with E-state index in [0.29, 0.717) is 104 Å². The molecule has 13 rings (SSSR count). The normalized spacial score (nSPS) is 9.96. The summed E-state index contributed by atoms with van der Waals surface area (Å²) >= 11 is 30.7. The number of aromatic nitrogens is 1. The Morgan fingerprint density at radius 1 is 0.531 bits per heavy atom. The van der Waals surface area contributed by atoms with Gasteiger partial charge < -0.3 is 105 Å². The molecule has 13 aromatic rings. The number of nitro groups is 2. The smallest absolute Gasteiger partial charge is 0.857 e. The van der Waals surface area contributed by atoms with E-state index in [9.17, 15) is 44.2 Å². The molecule has 36 nitrogen and oxygen atoms in total. The zero-order valence-electron chi connectivity index (χ0n) is 84.2. The number of aliphatic hydroxyl groups excluding tert-OH is 1. The number of ether oxygens (including phenoxy) is 5. The minimum absolute atomic E-state index is 0. The molecule has 2 amide bonds. The summed E-state index contributed by atoms with van der Waals surface area (Å²) in [5, 5.41) is 72.3. The number of amides is 2. The number of fused-ring (bicyclic) bond motifs is 2. The molecule has 0 radical (unpaired) electrons. The summed E-state index contributed by atoms with van der Waals surface area (Å²) in [7, 11) is 24.5. The maximum Gasteiger partial charge on any atom is 1.00 e. The number of hydrogen-bond donors (Lipinski definition) is 8. The number of likely N-dealkylation sites (N-methyl/N-ethyl adjacent to an activating group) is 6. The monoisotopic (exact) mass is 2200 g/mol. The number of nitrogens with zero attached hydrogens (tertiary/aromatic N) is 11. The summed E-state index contributed by atoms with van der Waals surface area (Å²) in [6, 6.07) is 75.3. The first-order valence-corrected chi connectivity index (χ1v) is 48.1. The van der Waals surface area contributed by atoms with Gasteiger partial charge in [0.05, 0.1) is 77.1 Å². The number of nitro benzene ring substituents is 2. The molecule has 0 saturated carbocycles. The Morgan fingerprint density at radius 2 is 0.912 bits per heavy atom. The number of thiocarbonyl (C=S) groups is 3. The van der Waals surface area contributed by atoms with E-state index in [1.165, 1.54) is 54.7 Å². The number of nitrogen functional groups attached to an aromatic ring is 1. The van der Waals surface area contributed by atoms with Crippen molar-refractivity contribution < 1.29 is 102 Å². The SMILES string of the molecule is CC#N.CN(C)CCO.CN(C)CCOc1ccccc1N.CN(C)CCOc1ccccc1NC(=S)NC(=O)c1ccccc1.CN(C)CCOc1ccccc1NC(N)=S.CN(C)CCOc1ccccc1Nc1nc(-c2cc3cccc(Cl)c3oc2=O)cs1.CN(C)CCOc1ccccc1[N+](=O)[O-].C[O-].O=C(CBr)c1cc2cccc(Cl)c2oc1=O.O=C(N=C=S)c1ccccc1.O=[N+]([O-])c1ccccc1O.[Na+]. The molecule has 0 spiro atoms. The molecule has 44 heteroatoms. The topological polar surface area (TPSA) is 476 Å². The number of aliphatic hydroxyl groups is 1. The van der Waals surface area contributed by atoms with Gasteiger partial charge in [0, 0.05) is 85.6 Å². The molecule has 3 heterocycles. The van der Waals surface area contributed by atoms with Crippen molar-refractivity contribution >= 4 is 181 Å². The number of carbonyl (C=O) groups is 3. The van der Waals surface area contributed by atoms with Gasteiger partial charge in [-0.25, -0.2) is 14.6 Å². The number of phenols is 1. The Labute approximate surface area is 915 Å². The Bertz CT molecular complexity index is 6410. The number of nitrogens with one attached hydrogen (secondary N) is 4. The number of anilines is 5. The first-order chi connectivity index (χ1) is 69.8. The van der Waals surface area contributed by atoms with Crippen LogP contribution in [0.15, 0.2) is 284 Å². The number of thiazole rings is 1. The van der Waals surface area contributed by atoms with Crippen LogP contribution in [0.4, 0.5) is 39.3 Å². The van der Waals surface area contributed by atoms with Gasteiger partial charge >= 0.3 is 52.2 Å². The third-order valence-electron chi connectivity index (χ3n) is 18.1. The Hall–Kier alpha value is -13.1. The number of hydrogen-bond acceptors (Lipinski definition) is 33. The van der Waals surface area contributed by atoms with Crippen LogP contribution in [0.3, 0.4) is 0 Å². The van der Waals surface area contributed by atoms with E-state index in [1.807, 2.05) is 231 Å². The number of aromatic hydroxyl groups is 1. The number of rotatable bonds is 33. The molecule has 0 saturated heterocycles. The summed E-state index contributed by atoms with van der Waals surface area (Å²) in [5.74, 6) is 2.08. The molecular weight excluding hydrogens is 2080 g/mol. The van der Waals surface area contributed by atoms with Gasteiger partial charge in [0.15, 0.2) is 43.8 Å². The molecule has 0 unspecified atom stereocenters. The van der Waals surface area contributed by atoms with Crippen molar-refractivity contribution in [1.82, 2.24) is 39.7 Å². The molecule has 0 aliphatic rings. The van der Waals surface area contributed by atoms with Gasteiger partial charge in [0.1, 0.15) is 61.6 Å². The number of nitriles is 1. The number of carbonyl (C=O) groups excluding carboxylic acids is 3. The van der Waals surface area contributed by atoms with Crippen LogP contribution < -0.4 is 102 Å². The van der Waals surface area contributed by atoms with Gasteiger partial charge in [-0.3, -0.25) is 39.9 Å². The molecule has 0 aliphatic heterocycles. The fourth-order valence-corrected chi connectivity index (χ4v) is 12.8. The van der Waals surface area contributed by atoms with E-state index in [2.05, 4.69) is 74.1 Å². The van der Waals surface area contributed by atoms with E-state index >= 15 is 0 Å². The number of halogens is 3. The summed E-state index contributed by atoms with van der Waals surface area (Å²) in [4.78, 5) is 98.1. The average molecular weight is 2200 g/mol. The van der Waals surface area contributed by atoms with Gasteiger partial charge in [-0.2, -0.15) is 17.4 Å². The summed E-state index contributed by atoms with van der Waals surface area (Å²) in [5.41, 5.74) is 15.5. The second kappa shape index (κ2) is 74.7. The van der Waals surface area contributed by atoms with Crippen LogP contribution in [0.5, 0.6) is 34.5 Å². The molecule has 10 N–H and O–H groups in total. The standard InChI is InChI=1S/C22H20ClN3O3S.C18H21N3O2S.C11H6BrClO3.C11H17N3OS.C10H14N2O3.C10H16N2O.C8H5NOS.C6H5NO3.C4H11NO.C2H3N.CH3O.Na/c1-26(2)10-11-28-19-9-4-3-8-17(19)24-22-25-18(13-30-22)15-12-14-6-5-7-16(23)20(14)29-21(15)27;1-21(2)12-13-23-16-11-7-6-10-15(16)19-18(24)20-17(22)14-8-4-3-5-9-14;12-5-9(14)7-4-6-2-1-3-8(13)10(6)16-11(7)15;1-14(2)7-8-15-10-6-4-3-5-9(10)13-11(12)16;1-11(2)7-8-15-10-6-4-3-5-9(10)12(13)14;1-12(2)7-8-13-10-6-4-3-5-9(10)11;10-8(9-6-11)7-4-2-1-3-5-7;8-6-4-2-1-3-5(6)7(9)10;1-5(2)3-4-6;1-2-3;1-2;/h3-9,12-13H,10-11H2,1-2H3,(H,24,25);3-11H,12-13H2,1-2H3,(H2,19,20,22,24);1-4H,5H2;3-6H,7-8H2,1-2H3,(H3,12,13,16);3-6H,7-8H2,1-2H3;3-6H,7-8,11H2,1-2H3;1-5H;1-4,8H;6H,3-4H2,1-2H3;1H3;1H3;/q;;;;;;;;;;-1;+1. The fraction of sp³-hybridized carbons (Fsp3) is 0.262. The summed E-state index contributed by atoms with van der Waals surface area (Å²) in [6.45, 7) is 9.45. The van der Waals surface area contributed by atoms with Gasteiger partial charge in [-0.1, -0.05) is 173 Å². The van der Waals surface area contributed by atoms with Crippen molar-refractivity contribution in [3.63, 3.8) is 0 Å². The Morgan fingerprint density at radius 3 is 1.33 bits per heavy atom. The third kappa shape index (κ3) is 52.7. The van der Waals surface area contributed by atoms with Gasteiger partial charge in [-0.05, 0) is 230 Å². The van der Waals surface area contributed by atoms with Crippen molar-refractivity contribution in [3.8, 4) is 51.8 Å². The second-order valence-electron chi connectivity index (χ2n) is 31.1. The molecule has 0 bridgehead atoms. The Balaban J connectivity index is 0.000000571. The number of benzene rings is 10. The number of isothiocyanates is 1. The van der Waals surface area contributed by atoms with Crippen LogP contribution in [0.25, 0.3) is 33.2 Å².